The first kappa shape index (κ1) is 36.5. The molecule has 6 nitrogen and oxygen atoms in total. The van der Waals surface area contributed by atoms with Crippen LogP contribution in [0.3, 0.4) is 0 Å². The lowest BCUT2D eigenvalue weighted by Gasteiger charge is -2.56. The average molecular weight is 629 g/mol. The number of rotatable bonds is 12. The first-order valence-corrected chi connectivity index (χ1v) is 18.9. The van der Waals surface area contributed by atoms with Crippen LogP contribution < -0.4 is 4.43 Å². The van der Waals surface area contributed by atoms with E-state index >= 15 is 0 Å². The van der Waals surface area contributed by atoms with Gasteiger partial charge in [0.15, 0.2) is 5.78 Å². The zero-order valence-electron chi connectivity index (χ0n) is 29.7. The normalized spacial score (nSPS) is 28.5. The SMILES string of the molecule is COC(=O)[C@@H]1C(=O)[C@H](C)CC(C)(C)[C@@]12C=C[C@H](C)[C@@H]([C@@H](C)CC[C@H](OC)c1cccc(O[Si](C(C)C)(C(C)C)C(C)C)c1)O2. The zero-order chi connectivity index (χ0) is 33.2. The van der Waals surface area contributed by atoms with Crippen molar-refractivity contribution in [1.29, 1.82) is 0 Å². The van der Waals surface area contributed by atoms with Gasteiger partial charge >= 0.3 is 5.97 Å². The van der Waals surface area contributed by atoms with Crippen LogP contribution in [0, 0.1) is 29.1 Å². The smallest absolute Gasteiger partial charge is 0.319 e. The van der Waals surface area contributed by atoms with Crippen LogP contribution in [0.15, 0.2) is 36.4 Å². The molecule has 3 rings (SSSR count). The van der Waals surface area contributed by atoms with Crippen LogP contribution in [0.1, 0.15) is 107 Å². The Kier molecular flexibility index (Phi) is 11.8. The molecule has 248 valence electrons. The molecule has 0 radical (unpaired) electrons. The fourth-order valence-corrected chi connectivity index (χ4v) is 13.9. The Labute approximate surface area is 268 Å². The molecule has 1 aliphatic carbocycles. The van der Waals surface area contributed by atoms with Crippen LogP contribution in [-0.2, 0) is 23.8 Å². The van der Waals surface area contributed by atoms with Gasteiger partial charge < -0.3 is 18.6 Å². The highest BCUT2D eigenvalue weighted by molar-refractivity contribution is 6.78. The molecule has 1 aliphatic heterocycles. The minimum atomic E-state index is -2.08. The molecule has 0 saturated heterocycles. The van der Waals surface area contributed by atoms with E-state index in [1.807, 2.05) is 13.0 Å². The lowest BCUT2D eigenvalue weighted by Crippen LogP contribution is -2.65. The third kappa shape index (κ3) is 6.76. The van der Waals surface area contributed by atoms with Gasteiger partial charge in [0, 0.05) is 18.9 Å². The van der Waals surface area contributed by atoms with Crippen LogP contribution in [0.5, 0.6) is 5.75 Å². The molecule has 1 saturated carbocycles. The van der Waals surface area contributed by atoms with Crippen LogP contribution in [0.4, 0.5) is 0 Å². The van der Waals surface area contributed by atoms with Crippen molar-refractivity contribution in [2.24, 2.45) is 29.1 Å². The highest BCUT2D eigenvalue weighted by atomic mass is 28.4. The van der Waals surface area contributed by atoms with Gasteiger partial charge in [-0.15, -0.1) is 0 Å². The Morgan fingerprint density at radius 3 is 2.16 bits per heavy atom. The van der Waals surface area contributed by atoms with Crippen LogP contribution >= 0.6 is 0 Å². The van der Waals surface area contributed by atoms with E-state index in [9.17, 15) is 9.59 Å². The summed E-state index contributed by atoms with van der Waals surface area (Å²) in [6, 6.07) is 8.47. The van der Waals surface area contributed by atoms with Gasteiger partial charge in [0.1, 0.15) is 17.3 Å². The van der Waals surface area contributed by atoms with Crippen molar-refractivity contribution in [2.45, 2.75) is 130 Å². The van der Waals surface area contributed by atoms with Crippen molar-refractivity contribution < 1.29 is 28.2 Å². The molecule has 0 aromatic heterocycles. The van der Waals surface area contributed by atoms with Crippen molar-refractivity contribution in [3.63, 3.8) is 0 Å². The van der Waals surface area contributed by atoms with E-state index < -0.39 is 31.2 Å². The summed E-state index contributed by atoms with van der Waals surface area (Å²) in [5, 5.41) is 0. The third-order valence-electron chi connectivity index (χ3n) is 11.0. The lowest BCUT2D eigenvalue weighted by molar-refractivity contribution is -0.215. The number of carbonyl (C=O) groups excluding carboxylic acids is 2. The summed E-state index contributed by atoms with van der Waals surface area (Å²) in [6.07, 6.45) is 6.21. The monoisotopic (exact) mass is 628 g/mol. The summed E-state index contributed by atoms with van der Waals surface area (Å²) in [5.74, 6) is -0.581. The Hall–Kier alpha value is -1.96. The number of methoxy groups -OCH3 is 2. The Morgan fingerprint density at radius 1 is 1.00 bits per heavy atom. The molecule has 1 heterocycles. The van der Waals surface area contributed by atoms with Crippen molar-refractivity contribution in [1.82, 2.24) is 0 Å². The summed E-state index contributed by atoms with van der Waals surface area (Å²) in [5.41, 5.74) is 1.12. The highest BCUT2D eigenvalue weighted by Crippen LogP contribution is 2.54. The van der Waals surface area contributed by atoms with E-state index in [1.54, 1.807) is 7.11 Å². The first-order valence-electron chi connectivity index (χ1n) is 16.8. The Bertz CT molecular complexity index is 1150. The molecule has 44 heavy (non-hydrogen) atoms. The van der Waals surface area contributed by atoms with E-state index in [2.05, 4.69) is 99.6 Å². The van der Waals surface area contributed by atoms with Gasteiger partial charge in [-0.25, -0.2) is 0 Å². The minimum absolute atomic E-state index is 0.0889. The predicted molar refractivity (Wildman–Crippen MR) is 180 cm³/mol. The Morgan fingerprint density at radius 2 is 1.61 bits per heavy atom. The van der Waals surface area contributed by atoms with E-state index in [1.165, 1.54) is 7.11 Å². The van der Waals surface area contributed by atoms with Crippen LogP contribution in [-0.4, -0.2) is 46.0 Å². The Balaban J connectivity index is 1.83. The van der Waals surface area contributed by atoms with E-state index in [0.717, 1.165) is 24.2 Å². The third-order valence-corrected chi connectivity index (χ3v) is 17.0. The maximum absolute atomic E-state index is 13.4. The molecule has 7 atom stereocenters. The largest absolute Gasteiger partial charge is 0.543 e. The number of carbonyl (C=O) groups is 2. The van der Waals surface area contributed by atoms with Crippen LogP contribution in [0.25, 0.3) is 0 Å². The second-order valence-corrected chi connectivity index (χ2v) is 20.6. The molecule has 1 aromatic carbocycles. The van der Waals surface area contributed by atoms with Crippen molar-refractivity contribution in [3.05, 3.63) is 42.0 Å². The summed E-state index contributed by atoms with van der Waals surface area (Å²) < 4.78 is 25.2. The molecule has 0 amide bonds. The maximum atomic E-state index is 13.4. The van der Waals surface area contributed by atoms with Gasteiger partial charge in [0.05, 0.1) is 19.3 Å². The first-order chi connectivity index (χ1) is 20.5. The second-order valence-electron chi connectivity index (χ2n) is 15.2. The maximum Gasteiger partial charge on any atom is 0.319 e. The minimum Gasteiger partial charge on any atom is -0.543 e. The average Bonchev–Trinajstić information content (AvgIpc) is 2.95. The molecule has 1 fully saturated rings. The molecule has 7 heteroatoms. The van der Waals surface area contributed by atoms with E-state index in [0.29, 0.717) is 23.0 Å². The summed E-state index contributed by atoms with van der Waals surface area (Å²) in [6.45, 7) is 24.3. The quantitative estimate of drug-likeness (QED) is 0.0995. The van der Waals surface area contributed by atoms with E-state index in [-0.39, 0.29) is 35.7 Å². The lowest BCUT2D eigenvalue weighted by atomic mass is 9.55. The standard InChI is InChI=1S/C37H60O6Si/c1-23(2)44(24(3)4,25(5)6)43-30-16-14-15-29(21-30)31(40-12)18-17-26(7)34-27(8)19-20-37(42-34)32(35(39)41-13)33(38)28(9)22-36(37,10)11/h14-16,19-21,23-28,31-32,34H,17-18,22H2,1-13H3/t26-,27-,28+,31-,32-,34+,37+/m0/s1. The van der Waals surface area contributed by atoms with Crippen molar-refractivity contribution >= 4 is 20.1 Å². The topological polar surface area (TPSA) is 71.1 Å². The molecule has 1 aromatic rings. The molecular weight excluding hydrogens is 568 g/mol. The molecule has 2 aliphatic rings. The van der Waals surface area contributed by atoms with Gasteiger partial charge in [-0.3, -0.25) is 9.59 Å². The molecule has 0 unspecified atom stereocenters. The number of benzene rings is 1. The van der Waals surface area contributed by atoms with Crippen molar-refractivity contribution in [2.75, 3.05) is 14.2 Å². The number of ether oxygens (including phenoxy) is 3. The molecule has 1 spiro atoms. The van der Waals surface area contributed by atoms with Crippen molar-refractivity contribution in [3.8, 4) is 5.75 Å². The number of ketones is 1. The fraction of sp³-hybridized carbons (Fsp3) is 0.730. The molecule has 0 N–H and O–H groups in total. The van der Waals surface area contributed by atoms with E-state index in [4.69, 9.17) is 18.6 Å². The number of hydrogen-bond donors (Lipinski definition) is 0. The van der Waals surface area contributed by atoms with Gasteiger partial charge in [-0.2, -0.15) is 0 Å². The summed E-state index contributed by atoms with van der Waals surface area (Å²) >= 11 is 0. The molecular formula is C37H60O6Si. The fourth-order valence-electron chi connectivity index (χ4n) is 8.62. The van der Waals surface area contributed by atoms with Gasteiger partial charge in [0.2, 0.25) is 0 Å². The van der Waals surface area contributed by atoms with Gasteiger partial charge in [-0.1, -0.05) is 100 Å². The predicted octanol–water partition coefficient (Wildman–Crippen LogP) is 9.10. The highest BCUT2D eigenvalue weighted by Gasteiger charge is 2.63. The molecule has 0 bridgehead atoms. The van der Waals surface area contributed by atoms with Crippen LogP contribution in [0.2, 0.25) is 16.6 Å². The van der Waals surface area contributed by atoms with Gasteiger partial charge in [-0.05, 0) is 64.9 Å². The second kappa shape index (κ2) is 14.2. The number of hydrogen-bond acceptors (Lipinski definition) is 6. The number of esters is 1. The van der Waals surface area contributed by atoms with Gasteiger partial charge in [0.25, 0.3) is 8.32 Å². The summed E-state index contributed by atoms with van der Waals surface area (Å²) in [7, 11) is 1.04. The number of Topliss-reactive ketones (excluding diaryl/α,β-unsaturated/α-hetero) is 1. The zero-order valence-corrected chi connectivity index (χ0v) is 30.7. The summed E-state index contributed by atoms with van der Waals surface area (Å²) in [4.78, 5) is 26.5.